The van der Waals surface area contributed by atoms with Crippen LogP contribution in [0, 0.1) is 5.92 Å². The maximum absolute atomic E-state index is 11.0. The number of hydrogen-bond donors (Lipinski definition) is 2. The van der Waals surface area contributed by atoms with E-state index in [0.717, 1.165) is 0 Å². The zero-order valence-corrected chi connectivity index (χ0v) is 10.4. The summed E-state index contributed by atoms with van der Waals surface area (Å²) in [5.74, 6) is -0.756. The number of carbonyl (C=O) groups is 1. The quantitative estimate of drug-likeness (QED) is 0.779. The highest BCUT2D eigenvalue weighted by Gasteiger charge is 2.22. The van der Waals surface area contributed by atoms with Crippen molar-refractivity contribution in [2.45, 2.75) is 39.7 Å². The van der Waals surface area contributed by atoms with Crippen molar-refractivity contribution in [2.75, 3.05) is 6.61 Å². The Morgan fingerprint density at radius 3 is 2.53 bits per heavy atom. The topological polar surface area (TPSA) is 88.2 Å². The average Bonchev–Trinajstić information content (AvgIpc) is 2.61. The highest BCUT2D eigenvalue weighted by atomic mass is 16.4. The van der Waals surface area contributed by atoms with Crippen molar-refractivity contribution in [3.8, 4) is 0 Å². The normalized spacial score (nSPS) is 13.0. The maximum atomic E-state index is 11.0. The van der Waals surface area contributed by atoms with Crippen LogP contribution in [0.4, 0.5) is 0 Å². The van der Waals surface area contributed by atoms with Crippen molar-refractivity contribution in [1.29, 1.82) is 0 Å². The van der Waals surface area contributed by atoms with Crippen LogP contribution in [-0.4, -0.2) is 37.8 Å². The molecule has 0 aliphatic rings. The first kappa shape index (κ1) is 13.6. The van der Waals surface area contributed by atoms with Gasteiger partial charge in [0.2, 0.25) is 0 Å². The van der Waals surface area contributed by atoms with E-state index in [0.29, 0.717) is 18.7 Å². The monoisotopic (exact) mass is 241 g/mol. The smallest absolute Gasteiger partial charge is 0.358 e. The summed E-state index contributed by atoms with van der Waals surface area (Å²) in [4.78, 5) is 11.0. The third-order valence-electron chi connectivity index (χ3n) is 2.63. The SMILES string of the molecule is CC(CCO)Cn1nnc(C(=O)O)c1C(C)C. The number of carboxylic acids is 1. The minimum absolute atomic E-state index is 0.0243. The molecule has 1 aromatic rings. The molecule has 0 aliphatic heterocycles. The summed E-state index contributed by atoms with van der Waals surface area (Å²) >= 11 is 0. The van der Waals surface area contributed by atoms with Crippen molar-refractivity contribution < 1.29 is 15.0 Å². The van der Waals surface area contributed by atoms with Crippen molar-refractivity contribution in [3.05, 3.63) is 11.4 Å². The lowest BCUT2D eigenvalue weighted by molar-refractivity contribution is 0.0688. The first-order chi connectivity index (χ1) is 7.97. The van der Waals surface area contributed by atoms with Gasteiger partial charge in [0.05, 0.1) is 5.69 Å². The van der Waals surface area contributed by atoms with Gasteiger partial charge in [-0.25, -0.2) is 9.48 Å². The first-order valence-corrected chi connectivity index (χ1v) is 5.74. The lowest BCUT2D eigenvalue weighted by atomic mass is 10.1. The summed E-state index contributed by atoms with van der Waals surface area (Å²) in [6, 6.07) is 0. The molecule has 0 fully saturated rings. The lowest BCUT2D eigenvalue weighted by Crippen LogP contribution is -2.15. The number of rotatable bonds is 6. The molecule has 1 heterocycles. The van der Waals surface area contributed by atoms with Crippen molar-refractivity contribution in [1.82, 2.24) is 15.0 Å². The van der Waals surface area contributed by atoms with Crippen LogP contribution in [0.2, 0.25) is 0 Å². The molecule has 6 nitrogen and oxygen atoms in total. The zero-order valence-electron chi connectivity index (χ0n) is 10.4. The molecular weight excluding hydrogens is 222 g/mol. The highest BCUT2D eigenvalue weighted by molar-refractivity contribution is 5.86. The summed E-state index contributed by atoms with van der Waals surface area (Å²) in [6.07, 6.45) is 0.666. The Morgan fingerprint density at radius 2 is 2.06 bits per heavy atom. The Kier molecular flexibility index (Phi) is 4.62. The van der Waals surface area contributed by atoms with Crippen LogP contribution >= 0.6 is 0 Å². The van der Waals surface area contributed by atoms with Gasteiger partial charge in [-0.1, -0.05) is 26.0 Å². The fourth-order valence-electron chi connectivity index (χ4n) is 1.79. The van der Waals surface area contributed by atoms with Gasteiger partial charge in [-0.05, 0) is 18.3 Å². The summed E-state index contributed by atoms with van der Waals surface area (Å²) < 4.78 is 1.63. The van der Waals surface area contributed by atoms with Gasteiger partial charge in [0.1, 0.15) is 0 Å². The van der Waals surface area contributed by atoms with E-state index in [1.807, 2.05) is 20.8 Å². The molecule has 17 heavy (non-hydrogen) atoms. The van der Waals surface area contributed by atoms with Crippen LogP contribution in [0.1, 0.15) is 49.3 Å². The zero-order chi connectivity index (χ0) is 13.0. The maximum Gasteiger partial charge on any atom is 0.358 e. The third-order valence-corrected chi connectivity index (χ3v) is 2.63. The second kappa shape index (κ2) is 5.77. The molecule has 1 atom stereocenters. The minimum Gasteiger partial charge on any atom is -0.476 e. The number of aromatic nitrogens is 3. The van der Waals surface area contributed by atoms with Gasteiger partial charge in [0.15, 0.2) is 5.69 Å². The van der Waals surface area contributed by atoms with Crippen LogP contribution in [0.5, 0.6) is 0 Å². The van der Waals surface area contributed by atoms with Crippen molar-refractivity contribution >= 4 is 5.97 Å². The lowest BCUT2D eigenvalue weighted by Gasteiger charge is -2.13. The Morgan fingerprint density at radius 1 is 1.41 bits per heavy atom. The molecule has 0 radical (unpaired) electrons. The number of aliphatic hydroxyl groups is 1. The molecule has 0 saturated heterocycles. The average molecular weight is 241 g/mol. The number of hydrogen-bond acceptors (Lipinski definition) is 4. The van der Waals surface area contributed by atoms with Crippen LogP contribution in [0.25, 0.3) is 0 Å². The minimum atomic E-state index is -1.05. The van der Waals surface area contributed by atoms with E-state index in [2.05, 4.69) is 10.3 Å². The van der Waals surface area contributed by atoms with Gasteiger partial charge in [0, 0.05) is 13.2 Å². The molecule has 96 valence electrons. The van der Waals surface area contributed by atoms with Crippen LogP contribution in [0.3, 0.4) is 0 Å². The standard InChI is InChI=1S/C11H19N3O3/c1-7(2)10-9(11(16)17)12-13-14(10)6-8(3)4-5-15/h7-8,15H,4-6H2,1-3H3,(H,16,17). The fraction of sp³-hybridized carbons (Fsp3) is 0.727. The molecule has 0 spiro atoms. The molecule has 2 N–H and O–H groups in total. The van der Waals surface area contributed by atoms with Crippen molar-refractivity contribution in [2.24, 2.45) is 5.92 Å². The van der Waals surface area contributed by atoms with E-state index in [9.17, 15) is 4.79 Å². The van der Waals surface area contributed by atoms with Gasteiger partial charge in [-0.2, -0.15) is 0 Å². The highest BCUT2D eigenvalue weighted by Crippen LogP contribution is 2.19. The second-order valence-electron chi connectivity index (χ2n) is 4.58. The summed E-state index contributed by atoms with van der Waals surface area (Å²) in [6.45, 7) is 6.52. The van der Waals surface area contributed by atoms with Gasteiger partial charge in [-0.15, -0.1) is 5.10 Å². The van der Waals surface area contributed by atoms with Gasteiger partial charge < -0.3 is 10.2 Å². The van der Waals surface area contributed by atoms with Gasteiger partial charge >= 0.3 is 5.97 Å². The molecule has 1 aromatic heterocycles. The Labute approximate surface area is 100 Å². The van der Waals surface area contributed by atoms with Gasteiger partial charge in [0.25, 0.3) is 0 Å². The molecule has 1 unspecified atom stereocenters. The van der Waals surface area contributed by atoms with Crippen molar-refractivity contribution in [3.63, 3.8) is 0 Å². The van der Waals surface area contributed by atoms with Crippen LogP contribution in [-0.2, 0) is 6.54 Å². The number of carboxylic acid groups (broad SMARTS) is 1. The van der Waals surface area contributed by atoms with E-state index in [1.165, 1.54) is 0 Å². The summed E-state index contributed by atoms with van der Waals surface area (Å²) in [7, 11) is 0. The number of aliphatic hydroxyl groups excluding tert-OH is 1. The van der Waals surface area contributed by atoms with Gasteiger partial charge in [-0.3, -0.25) is 0 Å². The first-order valence-electron chi connectivity index (χ1n) is 5.74. The molecular formula is C11H19N3O3. The summed E-state index contributed by atoms with van der Waals surface area (Å²) in [5, 5.41) is 25.4. The molecule has 0 aliphatic carbocycles. The molecule has 0 aromatic carbocycles. The Bertz CT molecular complexity index is 387. The predicted molar refractivity (Wildman–Crippen MR) is 61.9 cm³/mol. The second-order valence-corrected chi connectivity index (χ2v) is 4.58. The van der Waals surface area contributed by atoms with E-state index < -0.39 is 5.97 Å². The molecule has 6 heteroatoms. The third kappa shape index (κ3) is 3.26. The van der Waals surface area contributed by atoms with Crippen LogP contribution in [0.15, 0.2) is 0 Å². The van der Waals surface area contributed by atoms with E-state index in [-0.39, 0.29) is 24.1 Å². The predicted octanol–water partition coefficient (Wildman–Crippen LogP) is 1.12. The molecule has 1 rings (SSSR count). The Hall–Kier alpha value is -1.43. The molecule has 0 saturated carbocycles. The van der Waals surface area contributed by atoms with E-state index in [4.69, 9.17) is 10.2 Å². The summed E-state index contributed by atoms with van der Waals surface area (Å²) in [5.41, 5.74) is 0.665. The number of aromatic carboxylic acids is 1. The van der Waals surface area contributed by atoms with E-state index >= 15 is 0 Å². The molecule has 0 bridgehead atoms. The Balaban J connectivity index is 2.96. The van der Waals surface area contributed by atoms with Crippen LogP contribution < -0.4 is 0 Å². The van der Waals surface area contributed by atoms with E-state index in [1.54, 1.807) is 4.68 Å². The number of nitrogens with zero attached hydrogens (tertiary/aromatic N) is 3. The molecule has 0 amide bonds. The fourth-order valence-corrected chi connectivity index (χ4v) is 1.79. The largest absolute Gasteiger partial charge is 0.476 e.